The Bertz CT molecular complexity index is 741. The first kappa shape index (κ1) is 21.1. The highest BCUT2D eigenvalue weighted by atomic mass is 19.1. The van der Waals surface area contributed by atoms with Gasteiger partial charge in [-0.05, 0) is 49.4 Å². The number of carbonyl (C=O) groups is 2. The maximum atomic E-state index is 13.0. The number of hydrogen-bond donors (Lipinski definition) is 1. The summed E-state index contributed by atoms with van der Waals surface area (Å²) in [5, 5.41) is 2.82. The number of rotatable bonds is 4. The van der Waals surface area contributed by atoms with Gasteiger partial charge in [-0.3, -0.25) is 4.79 Å². The van der Waals surface area contributed by atoms with Gasteiger partial charge in [-0.25, -0.2) is 9.18 Å². The summed E-state index contributed by atoms with van der Waals surface area (Å²) >= 11 is 0. The number of carbonyl (C=O) groups excluding carboxylic acids is 2. The summed E-state index contributed by atoms with van der Waals surface area (Å²) in [7, 11) is 0. The molecule has 0 radical (unpaired) electrons. The van der Waals surface area contributed by atoms with Gasteiger partial charge in [0.1, 0.15) is 5.82 Å². The average Bonchev–Trinajstić information content (AvgIpc) is 3.22. The van der Waals surface area contributed by atoms with Crippen LogP contribution in [0.25, 0.3) is 0 Å². The van der Waals surface area contributed by atoms with E-state index in [0.717, 1.165) is 32.1 Å². The van der Waals surface area contributed by atoms with E-state index in [0.29, 0.717) is 57.4 Å². The van der Waals surface area contributed by atoms with Crippen molar-refractivity contribution in [2.75, 3.05) is 44.7 Å². The summed E-state index contributed by atoms with van der Waals surface area (Å²) in [6, 6.07) is 5.59. The zero-order chi connectivity index (χ0) is 21.0. The molecule has 3 saturated heterocycles. The van der Waals surface area contributed by atoms with E-state index in [2.05, 4.69) is 5.32 Å². The Kier molecular flexibility index (Phi) is 6.53. The maximum Gasteiger partial charge on any atom is 0.321 e. The summed E-state index contributed by atoms with van der Waals surface area (Å²) in [4.78, 5) is 28.9. The van der Waals surface area contributed by atoms with Crippen molar-refractivity contribution in [3.05, 3.63) is 30.1 Å². The molecule has 0 bridgehead atoms. The van der Waals surface area contributed by atoms with E-state index < -0.39 is 5.79 Å². The van der Waals surface area contributed by atoms with E-state index >= 15 is 0 Å². The predicted octanol–water partition coefficient (Wildman–Crippen LogP) is 3.22. The van der Waals surface area contributed by atoms with E-state index in [1.165, 1.54) is 12.1 Å². The minimum Gasteiger partial charge on any atom is -0.347 e. The SMILES string of the molecule is O=C(CC[C@@H]1CCCN(C(=O)Nc2ccc(F)cc2)C1)N1CCC2(CC1)OCCO2. The molecule has 3 aliphatic rings. The fourth-order valence-corrected chi connectivity index (χ4v) is 4.59. The molecule has 0 saturated carbocycles. The Hall–Kier alpha value is -2.19. The van der Waals surface area contributed by atoms with Crippen LogP contribution in [0.5, 0.6) is 0 Å². The second-order valence-electron chi connectivity index (χ2n) is 8.42. The molecule has 3 heterocycles. The second-order valence-corrected chi connectivity index (χ2v) is 8.42. The van der Waals surface area contributed by atoms with Crippen LogP contribution in [0, 0.1) is 11.7 Å². The molecular formula is C22H30FN3O4. The quantitative estimate of drug-likeness (QED) is 0.814. The highest BCUT2D eigenvalue weighted by Gasteiger charge is 2.40. The first-order valence-corrected chi connectivity index (χ1v) is 10.9. The lowest BCUT2D eigenvalue weighted by atomic mass is 9.93. The Labute approximate surface area is 176 Å². The number of benzene rings is 1. The van der Waals surface area contributed by atoms with Crippen LogP contribution in [0.2, 0.25) is 0 Å². The van der Waals surface area contributed by atoms with Crippen LogP contribution in [0.15, 0.2) is 24.3 Å². The Morgan fingerprint density at radius 3 is 2.47 bits per heavy atom. The third-order valence-corrected chi connectivity index (χ3v) is 6.36. The number of likely N-dealkylation sites (tertiary alicyclic amines) is 2. The van der Waals surface area contributed by atoms with Crippen molar-refractivity contribution >= 4 is 17.6 Å². The van der Waals surface area contributed by atoms with Crippen LogP contribution in [0.3, 0.4) is 0 Å². The lowest BCUT2D eigenvalue weighted by Crippen LogP contribution is -2.47. The molecule has 0 aliphatic carbocycles. The zero-order valence-corrected chi connectivity index (χ0v) is 17.3. The molecule has 0 aromatic heterocycles. The van der Waals surface area contributed by atoms with Crippen LogP contribution < -0.4 is 5.32 Å². The van der Waals surface area contributed by atoms with E-state index in [1.54, 1.807) is 17.0 Å². The number of piperidine rings is 2. The molecule has 4 rings (SSSR count). The molecule has 3 fully saturated rings. The normalized spacial score (nSPS) is 23.6. The first-order valence-electron chi connectivity index (χ1n) is 10.9. The third kappa shape index (κ3) is 5.10. The van der Waals surface area contributed by atoms with E-state index in [1.807, 2.05) is 4.90 Å². The van der Waals surface area contributed by atoms with Crippen LogP contribution in [0.1, 0.15) is 38.5 Å². The number of urea groups is 1. The van der Waals surface area contributed by atoms with Gasteiger partial charge in [0.25, 0.3) is 0 Å². The van der Waals surface area contributed by atoms with Crippen molar-refractivity contribution in [2.45, 2.75) is 44.3 Å². The molecule has 3 aliphatic heterocycles. The molecule has 3 amide bonds. The van der Waals surface area contributed by atoms with Gasteiger partial charge in [-0.2, -0.15) is 0 Å². The van der Waals surface area contributed by atoms with Crippen molar-refractivity contribution in [1.82, 2.24) is 9.80 Å². The predicted molar refractivity (Wildman–Crippen MR) is 109 cm³/mol. The minimum atomic E-state index is -0.460. The van der Waals surface area contributed by atoms with Crippen molar-refractivity contribution in [3.8, 4) is 0 Å². The Balaban J connectivity index is 1.20. The molecular weight excluding hydrogens is 389 g/mol. The molecule has 1 N–H and O–H groups in total. The lowest BCUT2D eigenvalue weighted by Gasteiger charge is -2.38. The van der Waals surface area contributed by atoms with Crippen LogP contribution >= 0.6 is 0 Å². The number of anilines is 1. The van der Waals surface area contributed by atoms with Gasteiger partial charge in [0.2, 0.25) is 5.91 Å². The monoisotopic (exact) mass is 419 g/mol. The number of hydrogen-bond acceptors (Lipinski definition) is 4. The molecule has 164 valence electrons. The van der Waals surface area contributed by atoms with Crippen molar-refractivity contribution < 1.29 is 23.5 Å². The summed E-state index contributed by atoms with van der Waals surface area (Å²) in [5.74, 6) is -0.295. The number of halogens is 1. The minimum absolute atomic E-state index is 0.171. The van der Waals surface area contributed by atoms with Gasteiger partial charge in [0.15, 0.2) is 5.79 Å². The number of ether oxygens (including phenoxy) is 2. The van der Waals surface area contributed by atoms with Gasteiger partial charge >= 0.3 is 6.03 Å². The van der Waals surface area contributed by atoms with Crippen molar-refractivity contribution in [1.29, 1.82) is 0 Å². The largest absolute Gasteiger partial charge is 0.347 e. The summed E-state index contributed by atoms with van der Waals surface area (Å²) in [6.07, 6.45) is 4.72. The second kappa shape index (κ2) is 9.31. The topological polar surface area (TPSA) is 71.1 Å². The average molecular weight is 419 g/mol. The molecule has 8 heteroatoms. The molecule has 1 spiro atoms. The summed E-state index contributed by atoms with van der Waals surface area (Å²) in [6.45, 7) is 3.98. The number of nitrogens with one attached hydrogen (secondary N) is 1. The fourth-order valence-electron chi connectivity index (χ4n) is 4.59. The smallest absolute Gasteiger partial charge is 0.321 e. The van der Waals surface area contributed by atoms with Gasteiger partial charge in [-0.15, -0.1) is 0 Å². The standard InChI is InChI=1S/C22H30FN3O4/c23-18-4-6-19(7-5-18)24-21(28)26-11-1-2-17(16-26)3-8-20(27)25-12-9-22(10-13-25)29-14-15-30-22/h4-7,17H,1-3,8-16H2,(H,24,28)/t17-/m0/s1. The molecule has 1 atom stereocenters. The zero-order valence-electron chi connectivity index (χ0n) is 17.3. The Morgan fingerprint density at radius 1 is 1.07 bits per heavy atom. The van der Waals surface area contributed by atoms with Crippen molar-refractivity contribution in [3.63, 3.8) is 0 Å². The first-order chi connectivity index (χ1) is 14.5. The van der Waals surface area contributed by atoms with Gasteiger partial charge in [-0.1, -0.05) is 0 Å². The van der Waals surface area contributed by atoms with E-state index in [4.69, 9.17) is 9.47 Å². The van der Waals surface area contributed by atoms with E-state index in [-0.39, 0.29) is 17.8 Å². The van der Waals surface area contributed by atoms with Gasteiger partial charge in [0.05, 0.1) is 13.2 Å². The van der Waals surface area contributed by atoms with Crippen LogP contribution in [0.4, 0.5) is 14.9 Å². The van der Waals surface area contributed by atoms with Gasteiger partial charge < -0.3 is 24.6 Å². The van der Waals surface area contributed by atoms with Crippen molar-refractivity contribution in [2.24, 2.45) is 5.92 Å². The fraction of sp³-hybridized carbons (Fsp3) is 0.636. The molecule has 30 heavy (non-hydrogen) atoms. The molecule has 0 unspecified atom stereocenters. The maximum absolute atomic E-state index is 13.0. The van der Waals surface area contributed by atoms with E-state index in [9.17, 15) is 14.0 Å². The molecule has 1 aromatic rings. The van der Waals surface area contributed by atoms with Gasteiger partial charge in [0, 0.05) is 51.1 Å². The molecule has 1 aromatic carbocycles. The Morgan fingerprint density at radius 2 is 1.77 bits per heavy atom. The van der Waals surface area contributed by atoms with Crippen LogP contribution in [-0.4, -0.2) is 66.9 Å². The number of amides is 3. The lowest BCUT2D eigenvalue weighted by molar-refractivity contribution is -0.187. The number of nitrogens with zero attached hydrogens (tertiary/aromatic N) is 2. The summed E-state index contributed by atoms with van der Waals surface area (Å²) in [5.41, 5.74) is 0.580. The highest BCUT2D eigenvalue weighted by molar-refractivity contribution is 5.89. The van der Waals surface area contributed by atoms with Crippen LogP contribution in [-0.2, 0) is 14.3 Å². The summed E-state index contributed by atoms with van der Waals surface area (Å²) < 4.78 is 24.5. The molecule has 7 nitrogen and oxygen atoms in total. The highest BCUT2D eigenvalue weighted by Crippen LogP contribution is 2.32. The third-order valence-electron chi connectivity index (χ3n) is 6.36.